The highest BCUT2D eigenvalue weighted by atomic mass is 16.7. The summed E-state index contributed by atoms with van der Waals surface area (Å²) in [6.45, 7) is 5.94. The van der Waals surface area contributed by atoms with Crippen molar-refractivity contribution in [3.05, 3.63) is 23.8 Å². The number of fused-ring (bicyclic) bond motifs is 1. The van der Waals surface area contributed by atoms with Gasteiger partial charge in [-0.3, -0.25) is 15.1 Å². The fraction of sp³-hybridized carbons (Fsp3) is 0.533. The van der Waals surface area contributed by atoms with Crippen LogP contribution in [0.5, 0.6) is 11.5 Å². The van der Waals surface area contributed by atoms with Gasteiger partial charge in [0, 0.05) is 45.7 Å². The summed E-state index contributed by atoms with van der Waals surface area (Å²) >= 11 is 0. The van der Waals surface area contributed by atoms with Crippen molar-refractivity contribution >= 4 is 5.91 Å². The lowest BCUT2D eigenvalue weighted by Crippen LogP contribution is -2.47. The first-order valence-electron chi connectivity index (χ1n) is 7.57. The molecule has 7 nitrogen and oxygen atoms in total. The lowest BCUT2D eigenvalue weighted by molar-refractivity contribution is -0.121. The number of rotatable bonds is 5. The Kier molecular flexibility index (Phi) is 4.77. The van der Waals surface area contributed by atoms with Gasteiger partial charge in [-0.05, 0) is 17.7 Å². The SMILES string of the molecule is NNC(=O)CCN1CCN(Cc2ccc3c(c2)OCO3)CC1. The Morgan fingerprint density at radius 2 is 1.86 bits per heavy atom. The predicted molar refractivity (Wildman–Crippen MR) is 81.2 cm³/mol. The summed E-state index contributed by atoms with van der Waals surface area (Å²) in [6, 6.07) is 6.12. The van der Waals surface area contributed by atoms with E-state index in [1.54, 1.807) is 0 Å². The monoisotopic (exact) mass is 306 g/mol. The molecular weight excluding hydrogens is 284 g/mol. The van der Waals surface area contributed by atoms with Crippen molar-refractivity contribution in [1.82, 2.24) is 15.2 Å². The van der Waals surface area contributed by atoms with Gasteiger partial charge in [-0.15, -0.1) is 0 Å². The lowest BCUT2D eigenvalue weighted by Gasteiger charge is -2.34. The molecule has 2 aliphatic heterocycles. The molecule has 1 fully saturated rings. The molecule has 0 aromatic heterocycles. The van der Waals surface area contributed by atoms with Gasteiger partial charge >= 0.3 is 0 Å². The summed E-state index contributed by atoms with van der Waals surface area (Å²) in [5.74, 6) is 6.64. The van der Waals surface area contributed by atoms with E-state index in [1.165, 1.54) is 5.56 Å². The van der Waals surface area contributed by atoms with Crippen LogP contribution in [0.1, 0.15) is 12.0 Å². The van der Waals surface area contributed by atoms with Crippen LogP contribution in [0.2, 0.25) is 0 Å². The van der Waals surface area contributed by atoms with E-state index in [0.717, 1.165) is 50.8 Å². The second kappa shape index (κ2) is 6.95. The van der Waals surface area contributed by atoms with Gasteiger partial charge in [-0.25, -0.2) is 5.84 Å². The molecule has 2 aliphatic rings. The molecule has 0 atom stereocenters. The van der Waals surface area contributed by atoms with E-state index in [4.69, 9.17) is 15.3 Å². The molecule has 0 aliphatic carbocycles. The van der Waals surface area contributed by atoms with E-state index >= 15 is 0 Å². The highest BCUT2D eigenvalue weighted by Crippen LogP contribution is 2.32. The van der Waals surface area contributed by atoms with Gasteiger partial charge in [0.05, 0.1) is 0 Å². The Bertz CT molecular complexity index is 530. The van der Waals surface area contributed by atoms with Crippen LogP contribution in [-0.2, 0) is 11.3 Å². The quantitative estimate of drug-likeness (QED) is 0.450. The van der Waals surface area contributed by atoms with Gasteiger partial charge in [0.1, 0.15) is 0 Å². The summed E-state index contributed by atoms with van der Waals surface area (Å²) in [5.41, 5.74) is 3.40. The first kappa shape index (κ1) is 15.1. The number of carbonyl (C=O) groups is 1. The highest BCUT2D eigenvalue weighted by molar-refractivity contribution is 5.75. The highest BCUT2D eigenvalue weighted by Gasteiger charge is 2.19. The van der Waals surface area contributed by atoms with Crippen molar-refractivity contribution in [2.24, 2.45) is 5.84 Å². The van der Waals surface area contributed by atoms with E-state index in [2.05, 4.69) is 27.4 Å². The zero-order chi connectivity index (χ0) is 15.4. The van der Waals surface area contributed by atoms with E-state index in [9.17, 15) is 4.79 Å². The zero-order valence-corrected chi connectivity index (χ0v) is 12.6. The smallest absolute Gasteiger partial charge is 0.235 e. The molecule has 3 rings (SSSR count). The van der Waals surface area contributed by atoms with Crippen molar-refractivity contribution in [1.29, 1.82) is 0 Å². The first-order valence-corrected chi connectivity index (χ1v) is 7.57. The molecular formula is C15H22N4O3. The minimum Gasteiger partial charge on any atom is -0.454 e. The number of nitrogens with one attached hydrogen (secondary N) is 1. The van der Waals surface area contributed by atoms with Gasteiger partial charge in [-0.2, -0.15) is 0 Å². The van der Waals surface area contributed by atoms with Crippen LogP contribution in [-0.4, -0.2) is 55.2 Å². The average molecular weight is 306 g/mol. The average Bonchev–Trinajstić information content (AvgIpc) is 3.01. The van der Waals surface area contributed by atoms with Gasteiger partial charge in [0.15, 0.2) is 11.5 Å². The Hall–Kier alpha value is -1.83. The molecule has 2 heterocycles. The number of piperazine rings is 1. The summed E-state index contributed by atoms with van der Waals surface area (Å²) in [4.78, 5) is 15.9. The fourth-order valence-electron chi connectivity index (χ4n) is 2.80. The van der Waals surface area contributed by atoms with Crippen molar-refractivity contribution < 1.29 is 14.3 Å². The van der Waals surface area contributed by atoms with Gasteiger partial charge in [0.2, 0.25) is 12.7 Å². The molecule has 0 unspecified atom stereocenters. The van der Waals surface area contributed by atoms with Crippen LogP contribution in [0, 0.1) is 0 Å². The summed E-state index contributed by atoms with van der Waals surface area (Å²) in [6.07, 6.45) is 0.457. The Morgan fingerprint density at radius 1 is 1.14 bits per heavy atom. The molecule has 1 amide bonds. The van der Waals surface area contributed by atoms with Crippen molar-refractivity contribution in [2.75, 3.05) is 39.5 Å². The fourth-order valence-corrected chi connectivity index (χ4v) is 2.80. The zero-order valence-electron chi connectivity index (χ0n) is 12.6. The van der Waals surface area contributed by atoms with E-state index in [1.807, 2.05) is 6.07 Å². The minimum absolute atomic E-state index is 0.109. The van der Waals surface area contributed by atoms with E-state index in [-0.39, 0.29) is 5.91 Å². The largest absolute Gasteiger partial charge is 0.454 e. The van der Waals surface area contributed by atoms with Gasteiger partial charge in [-0.1, -0.05) is 6.07 Å². The number of hydrogen-bond donors (Lipinski definition) is 2. The van der Waals surface area contributed by atoms with Crippen LogP contribution in [0.4, 0.5) is 0 Å². The van der Waals surface area contributed by atoms with E-state index < -0.39 is 0 Å². The van der Waals surface area contributed by atoms with Crippen LogP contribution in [0.15, 0.2) is 18.2 Å². The molecule has 120 valence electrons. The van der Waals surface area contributed by atoms with Crippen molar-refractivity contribution in [3.8, 4) is 11.5 Å². The maximum Gasteiger partial charge on any atom is 0.235 e. The molecule has 0 bridgehead atoms. The second-order valence-electron chi connectivity index (χ2n) is 5.62. The summed E-state index contributed by atoms with van der Waals surface area (Å²) < 4.78 is 10.7. The van der Waals surface area contributed by atoms with Crippen LogP contribution >= 0.6 is 0 Å². The number of carbonyl (C=O) groups excluding carboxylic acids is 1. The van der Waals surface area contributed by atoms with Crippen LogP contribution < -0.4 is 20.7 Å². The van der Waals surface area contributed by atoms with Gasteiger partial charge < -0.3 is 14.4 Å². The molecule has 0 saturated carbocycles. The number of amides is 1. The standard InChI is InChI=1S/C15H22N4O3/c16-17-15(20)3-4-18-5-7-19(8-6-18)10-12-1-2-13-14(9-12)22-11-21-13/h1-2,9H,3-8,10-11,16H2,(H,17,20). The maximum atomic E-state index is 11.2. The Balaban J connectivity index is 1.45. The molecule has 3 N–H and O–H groups in total. The van der Waals surface area contributed by atoms with Crippen LogP contribution in [0.3, 0.4) is 0 Å². The number of benzene rings is 1. The second-order valence-corrected chi connectivity index (χ2v) is 5.62. The predicted octanol–water partition coefficient (Wildman–Crippen LogP) is -0.0871. The molecule has 1 saturated heterocycles. The Labute approximate surface area is 129 Å². The maximum absolute atomic E-state index is 11.2. The van der Waals surface area contributed by atoms with Crippen molar-refractivity contribution in [2.45, 2.75) is 13.0 Å². The molecule has 0 radical (unpaired) electrons. The molecule has 1 aromatic rings. The Morgan fingerprint density at radius 3 is 2.64 bits per heavy atom. The van der Waals surface area contributed by atoms with Gasteiger partial charge in [0.25, 0.3) is 0 Å². The summed E-state index contributed by atoms with van der Waals surface area (Å²) in [7, 11) is 0. The lowest BCUT2D eigenvalue weighted by atomic mass is 10.1. The number of ether oxygens (including phenoxy) is 2. The number of hydrogen-bond acceptors (Lipinski definition) is 6. The number of hydrazine groups is 1. The third-order valence-electron chi connectivity index (χ3n) is 4.12. The van der Waals surface area contributed by atoms with Crippen molar-refractivity contribution in [3.63, 3.8) is 0 Å². The first-order chi connectivity index (χ1) is 10.7. The minimum atomic E-state index is -0.109. The normalized spacial score (nSPS) is 18.4. The number of nitrogens with two attached hydrogens (primary N) is 1. The molecule has 0 spiro atoms. The molecule has 1 aromatic carbocycles. The topological polar surface area (TPSA) is 80.1 Å². The third-order valence-corrected chi connectivity index (χ3v) is 4.12. The summed E-state index contributed by atoms with van der Waals surface area (Å²) in [5, 5.41) is 0. The van der Waals surface area contributed by atoms with Crippen LogP contribution in [0.25, 0.3) is 0 Å². The molecule has 22 heavy (non-hydrogen) atoms. The third kappa shape index (κ3) is 3.68. The molecule has 7 heteroatoms. The van der Waals surface area contributed by atoms with E-state index in [0.29, 0.717) is 13.2 Å². The number of nitrogens with zero attached hydrogens (tertiary/aromatic N) is 2.